The topological polar surface area (TPSA) is 41.5 Å². The maximum Gasteiger partial charge on any atom is 0.430 e. The van der Waals surface area contributed by atoms with Crippen molar-refractivity contribution in [3.8, 4) is 5.75 Å². The number of halogens is 8. The van der Waals surface area contributed by atoms with Crippen LogP contribution in [0.1, 0.15) is 36.6 Å². The van der Waals surface area contributed by atoms with Crippen molar-refractivity contribution in [1.82, 2.24) is 0 Å². The summed E-state index contributed by atoms with van der Waals surface area (Å²) in [5, 5.41) is 13.7. The molecule has 2 N–H and O–H groups in total. The summed E-state index contributed by atoms with van der Waals surface area (Å²) in [5.41, 5.74) is -6.04. The molecule has 2 aromatic rings. The normalized spacial score (nSPS) is 22.2. The van der Waals surface area contributed by atoms with Gasteiger partial charge in [-0.1, -0.05) is 43.1 Å². The highest BCUT2D eigenvalue weighted by atomic mass is 35.5. The second-order valence-corrected chi connectivity index (χ2v) is 9.38. The van der Waals surface area contributed by atoms with E-state index in [1.54, 1.807) is 19.9 Å². The number of benzene rings is 2. The van der Waals surface area contributed by atoms with Gasteiger partial charge in [0.15, 0.2) is 0 Å². The first-order valence-corrected chi connectivity index (χ1v) is 10.2. The van der Waals surface area contributed by atoms with Gasteiger partial charge < -0.3 is 15.2 Å². The maximum atomic E-state index is 13.4. The van der Waals surface area contributed by atoms with Crippen LogP contribution in [0.4, 0.5) is 32.0 Å². The number of aliphatic hydroxyl groups is 1. The van der Waals surface area contributed by atoms with Gasteiger partial charge in [-0.15, -0.1) is 0 Å². The van der Waals surface area contributed by atoms with E-state index in [0.717, 1.165) is 12.1 Å². The summed E-state index contributed by atoms with van der Waals surface area (Å²) < 4.78 is 86.1. The summed E-state index contributed by atoms with van der Waals surface area (Å²) in [5.74, 6) is 0.0429. The molecule has 2 heterocycles. The van der Waals surface area contributed by atoms with Gasteiger partial charge in [-0.3, -0.25) is 0 Å². The third-order valence-corrected chi connectivity index (χ3v) is 6.87. The molecular formula is C21H17Cl2F6NO2. The Morgan fingerprint density at radius 1 is 1.03 bits per heavy atom. The number of fused-ring (bicyclic) bond motifs is 4. The van der Waals surface area contributed by atoms with Gasteiger partial charge in [0.1, 0.15) is 5.75 Å². The van der Waals surface area contributed by atoms with Crippen LogP contribution >= 0.6 is 23.2 Å². The number of hydrogen-bond donors (Lipinski definition) is 2. The summed E-state index contributed by atoms with van der Waals surface area (Å²) in [6.07, 6.45) is -11.9. The number of alkyl halides is 6. The molecule has 0 spiro atoms. The van der Waals surface area contributed by atoms with E-state index in [9.17, 15) is 31.4 Å². The first-order valence-electron chi connectivity index (χ1n) is 9.48. The molecule has 0 fully saturated rings. The fourth-order valence-corrected chi connectivity index (χ4v) is 5.10. The summed E-state index contributed by atoms with van der Waals surface area (Å²) in [6, 6.07) is 5.30. The van der Waals surface area contributed by atoms with Gasteiger partial charge >= 0.3 is 12.4 Å². The van der Waals surface area contributed by atoms with Gasteiger partial charge in [0.25, 0.3) is 5.60 Å². The lowest BCUT2D eigenvalue weighted by Gasteiger charge is -2.49. The van der Waals surface area contributed by atoms with Crippen molar-refractivity contribution in [2.24, 2.45) is 5.92 Å². The average Bonchev–Trinajstić information content (AvgIpc) is 2.65. The van der Waals surface area contributed by atoms with Crippen LogP contribution in [0.3, 0.4) is 0 Å². The number of hydrogen-bond acceptors (Lipinski definition) is 3. The molecule has 0 radical (unpaired) electrons. The molecule has 4 rings (SSSR count). The number of ether oxygens (including phenoxy) is 1. The Balaban J connectivity index is 1.86. The van der Waals surface area contributed by atoms with Crippen LogP contribution in [0.5, 0.6) is 5.75 Å². The molecule has 2 unspecified atom stereocenters. The van der Waals surface area contributed by atoms with Gasteiger partial charge in [0.05, 0.1) is 17.7 Å². The number of rotatable bonds is 1. The average molecular weight is 500 g/mol. The van der Waals surface area contributed by atoms with E-state index in [4.69, 9.17) is 27.9 Å². The Hall–Kier alpha value is -1.84. The Morgan fingerprint density at radius 2 is 1.66 bits per heavy atom. The van der Waals surface area contributed by atoms with Gasteiger partial charge in [0, 0.05) is 33.2 Å². The van der Waals surface area contributed by atoms with Crippen LogP contribution in [0, 0.1) is 5.92 Å². The van der Waals surface area contributed by atoms with Crippen molar-refractivity contribution >= 4 is 28.9 Å². The van der Waals surface area contributed by atoms with E-state index in [1.165, 1.54) is 6.07 Å². The van der Waals surface area contributed by atoms with Crippen LogP contribution in [-0.4, -0.2) is 24.1 Å². The maximum absolute atomic E-state index is 13.4. The molecule has 0 bridgehead atoms. The molecule has 3 nitrogen and oxygen atoms in total. The van der Waals surface area contributed by atoms with Gasteiger partial charge in [0.2, 0.25) is 0 Å². The van der Waals surface area contributed by atoms with Crippen molar-refractivity contribution in [3.05, 3.63) is 57.1 Å². The van der Waals surface area contributed by atoms with Gasteiger partial charge in [-0.25, -0.2) is 0 Å². The van der Waals surface area contributed by atoms with Crippen molar-refractivity contribution in [1.29, 1.82) is 0 Å². The quantitative estimate of drug-likeness (QED) is 0.426. The number of nitrogens with one attached hydrogen (secondary N) is 1. The van der Waals surface area contributed by atoms with E-state index in [1.807, 2.05) is 0 Å². The molecule has 0 saturated carbocycles. The minimum atomic E-state index is -5.96. The Labute approximate surface area is 189 Å². The van der Waals surface area contributed by atoms with Gasteiger partial charge in [-0.05, 0) is 29.8 Å². The largest absolute Gasteiger partial charge is 0.491 e. The fraction of sp³-hybridized carbons (Fsp3) is 0.429. The molecule has 0 aliphatic carbocycles. The lowest BCUT2D eigenvalue weighted by Crippen LogP contribution is -2.54. The first-order chi connectivity index (χ1) is 14.6. The third-order valence-electron chi connectivity index (χ3n) is 6.37. The van der Waals surface area contributed by atoms with E-state index in [-0.39, 0.29) is 18.1 Å². The second kappa shape index (κ2) is 7.08. The minimum Gasteiger partial charge on any atom is -0.491 e. The molecule has 2 aliphatic heterocycles. The van der Waals surface area contributed by atoms with Gasteiger partial charge in [-0.2, -0.15) is 26.3 Å². The Bertz CT molecular complexity index is 1070. The van der Waals surface area contributed by atoms with Crippen LogP contribution in [-0.2, 0) is 11.0 Å². The van der Waals surface area contributed by atoms with Crippen molar-refractivity contribution in [2.75, 3.05) is 11.9 Å². The number of anilines is 1. The molecule has 2 aromatic carbocycles. The fourth-order valence-electron chi connectivity index (χ4n) is 4.54. The van der Waals surface area contributed by atoms with E-state index >= 15 is 0 Å². The van der Waals surface area contributed by atoms with E-state index in [0.29, 0.717) is 33.1 Å². The molecule has 174 valence electrons. The first kappa shape index (κ1) is 23.3. The SMILES string of the molecule is CC1(C)c2cc(C(O)(C(F)(F)F)C(F)(F)F)ccc2NC2c3cc(Cl)cc(Cl)c3OCC21. The second-order valence-electron chi connectivity index (χ2n) is 8.53. The molecule has 32 heavy (non-hydrogen) atoms. The molecular weight excluding hydrogens is 483 g/mol. The zero-order valence-corrected chi connectivity index (χ0v) is 18.1. The molecule has 0 saturated heterocycles. The van der Waals surface area contributed by atoms with Crippen molar-refractivity contribution in [2.45, 2.75) is 43.3 Å². The van der Waals surface area contributed by atoms with Crippen LogP contribution in [0.15, 0.2) is 30.3 Å². The Kier molecular flexibility index (Phi) is 5.16. The van der Waals surface area contributed by atoms with Crippen LogP contribution in [0.2, 0.25) is 10.0 Å². The van der Waals surface area contributed by atoms with Crippen molar-refractivity contribution in [3.63, 3.8) is 0 Å². The third kappa shape index (κ3) is 3.23. The highest BCUT2D eigenvalue weighted by Gasteiger charge is 2.71. The summed E-state index contributed by atoms with van der Waals surface area (Å²) in [4.78, 5) is 0. The summed E-state index contributed by atoms with van der Waals surface area (Å²) in [6.45, 7) is 3.52. The lowest BCUT2D eigenvalue weighted by molar-refractivity contribution is -0.376. The zero-order valence-electron chi connectivity index (χ0n) is 16.6. The van der Waals surface area contributed by atoms with Crippen molar-refractivity contribution < 1.29 is 36.2 Å². The highest BCUT2D eigenvalue weighted by molar-refractivity contribution is 6.35. The lowest BCUT2D eigenvalue weighted by atomic mass is 9.65. The smallest absolute Gasteiger partial charge is 0.430 e. The van der Waals surface area contributed by atoms with E-state index < -0.39 is 35.0 Å². The predicted octanol–water partition coefficient (Wildman–Crippen LogP) is 6.76. The minimum absolute atomic E-state index is 0.117. The highest BCUT2D eigenvalue weighted by Crippen LogP contribution is 2.56. The molecule has 0 amide bonds. The van der Waals surface area contributed by atoms with Crippen LogP contribution < -0.4 is 10.1 Å². The van der Waals surface area contributed by atoms with E-state index in [2.05, 4.69) is 5.32 Å². The predicted molar refractivity (Wildman–Crippen MR) is 107 cm³/mol. The Morgan fingerprint density at radius 3 is 2.25 bits per heavy atom. The zero-order chi connectivity index (χ0) is 23.9. The molecule has 11 heteroatoms. The summed E-state index contributed by atoms with van der Waals surface area (Å²) >= 11 is 12.4. The molecule has 0 aromatic heterocycles. The molecule has 2 atom stereocenters. The standard InChI is InChI=1S/C21H17Cl2F6NO2/c1-18(2)12-5-9(19(31,20(24,25)26)21(27,28)29)3-4-15(12)30-16-11-6-10(22)7-14(23)17(11)32-8-13(16)18/h3-7,13,16,30-31H,8H2,1-2H3. The summed E-state index contributed by atoms with van der Waals surface area (Å²) in [7, 11) is 0. The monoisotopic (exact) mass is 499 g/mol. The molecule has 2 aliphatic rings. The van der Waals surface area contributed by atoms with Crippen LogP contribution in [0.25, 0.3) is 0 Å².